The van der Waals surface area contributed by atoms with Gasteiger partial charge in [0.1, 0.15) is 0 Å². The molecule has 0 radical (unpaired) electrons. The normalized spacial score (nSPS) is 13.9. The summed E-state index contributed by atoms with van der Waals surface area (Å²) in [5.41, 5.74) is -2.04. The summed E-state index contributed by atoms with van der Waals surface area (Å²) >= 11 is 17.6. The Morgan fingerprint density at radius 2 is 2.06 bits per heavy atom. The van der Waals surface area contributed by atoms with E-state index >= 15 is 0 Å². The van der Waals surface area contributed by atoms with Crippen LogP contribution >= 0.6 is 40.3 Å². The quantitative estimate of drug-likeness (QED) is 0.588. The van der Waals surface area contributed by atoms with Crippen molar-refractivity contribution in [2.24, 2.45) is 0 Å². The standard InChI is InChI=1S/C9H11Cl2O2PS2.Na/c1-2-13-14(12,15)16-6-7-3-4-8(10)9(11)5-7;/h3-5H,2,6H2,1H3,(H,12,15);/q;+1/p-1. The molecular weight excluding hydrogens is 329 g/mol. The summed E-state index contributed by atoms with van der Waals surface area (Å²) in [6.45, 7) is 2.12. The predicted molar refractivity (Wildman–Crippen MR) is 73.7 cm³/mol. The second kappa shape index (κ2) is 8.80. The number of rotatable bonds is 5. The van der Waals surface area contributed by atoms with E-state index in [1.54, 1.807) is 19.1 Å². The van der Waals surface area contributed by atoms with E-state index in [9.17, 15) is 4.89 Å². The topological polar surface area (TPSA) is 32.3 Å². The number of hydrogen-bond acceptors (Lipinski definition) is 4. The van der Waals surface area contributed by atoms with Crippen LogP contribution in [0.2, 0.25) is 10.0 Å². The van der Waals surface area contributed by atoms with Gasteiger partial charge >= 0.3 is 29.6 Å². The number of benzene rings is 1. The zero-order valence-corrected chi connectivity index (χ0v) is 15.5. The molecule has 0 heterocycles. The average Bonchev–Trinajstić information content (AvgIpc) is 2.20. The molecule has 0 fully saturated rings. The molecule has 0 saturated heterocycles. The van der Waals surface area contributed by atoms with Gasteiger partial charge in [-0.25, -0.2) is 0 Å². The minimum Gasteiger partial charge on any atom is -0.793 e. The third-order valence-corrected chi connectivity index (χ3v) is 6.67. The first-order valence-electron chi connectivity index (χ1n) is 4.48. The van der Waals surface area contributed by atoms with Crippen molar-refractivity contribution in [2.75, 3.05) is 6.61 Å². The van der Waals surface area contributed by atoms with E-state index in [1.807, 2.05) is 6.07 Å². The Labute approximate surface area is 143 Å². The molecule has 0 N–H and O–H groups in total. The first kappa shape index (κ1) is 18.7. The van der Waals surface area contributed by atoms with E-state index < -0.39 is 5.69 Å². The molecule has 0 saturated carbocycles. The van der Waals surface area contributed by atoms with Crippen LogP contribution in [0.25, 0.3) is 0 Å². The number of halogens is 2. The molecule has 17 heavy (non-hydrogen) atoms. The van der Waals surface area contributed by atoms with E-state index in [4.69, 9.17) is 39.5 Å². The number of hydrogen-bond donors (Lipinski definition) is 0. The van der Waals surface area contributed by atoms with Crippen molar-refractivity contribution in [3.63, 3.8) is 0 Å². The summed E-state index contributed by atoms with van der Waals surface area (Å²) < 4.78 is 4.98. The Hall–Kier alpha value is 1.72. The Balaban J connectivity index is 0.00000256. The van der Waals surface area contributed by atoms with Gasteiger partial charge in [0, 0.05) is 18.1 Å². The second-order valence-corrected chi connectivity index (χ2v) is 9.75. The fraction of sp³-hybridized carbons (Fsp3) is 0.333. The van der Waals surface area contributed by atoms with E-state index in [-0.39, 0.29) is 29.6 Å². The van der Waals surface area contributed by atoms with Crippen molar-refractivity contribution in [3.05, 3.63) is 33.8 Å². The van der Waals surface area contributed by atoms with Gasteiger partial charge in [0.05, 0.1) is 10.0 Å². The molecule has 90 valence electrons. The maximum absolute atomic E-state index is 11.6. The first-order chi connectivity index (χ1) is 7.44. The monoisotopic (exact) mass is 338 g/mol. The van der Waals surface area contributed by atoms with Crippen molar-refractivity contribution in [1.29, 1.82) is 0 Å². The Bertz CT molecular complexity index is 420. The molecule has 0 aromatic heterocycles. The first-order valence-corrected chi connectivity index (χ1v) is 9.47. The van der Waals surface area contributed by atoms with Crippen LogP contribution in [0.1, 0.15) is 12.5 Å². The molecular formula is C9H10Cl2NaO2PS2. The molecule has 2 nitrogen and oxygen atoms in total. The van der Waals surface area contributed by atoms with Gasteiger partial charge in [-0.1, -0.05) is 41.1 Å². The third kappa shape index (κ3) is 7.17. The van der Waals surface area contributed by atoms with Crippen LogP contribution in [-0.4, -0.2) is 6.61 Å². The van der Waals surface area contributed by atoms with Gasteiger partial charge in [0.25, 0.3) is 0 Å². The van der Waals surface area contributed by atoms with Crippen LogP contribution in [0.5, 0.6) is 0 Å². The van der Waals surface area contributed by atoms with Gasteiger partial charge in [-0.05, 0) is 24.6 Å². The van der Waals surface area contributed by atoms with Gasteiger partial charge < -0.3 is 9.42 Å². The van der Waals surface area contributed by atoms with E-state index in [0.29, 0.717) is 22.4 Å². The maximum Gasteiger partial charge on any atom is 1.00 e. The largest absolute Gasteiger partial charge is 1.00 e. The molecule has 0 aliphatic rings. The van der Waals surface area contributed by atoms with Crippen LogP contribution < -0.4 is 34.5 Å². The van der Waals surface area contributed by atoms with Crippen LogP contribution in [0.4, 0.5) is 0 Å². The van der Waals surface area contributed by atoms with Crippen molar-refractivity contribution >= 4 is 52.1 Å². The third-order valence-electron chi connectivity index (χ3n) is 1.66. The van der Waals surface area contributed by atoms with E-state index in [0.717, 1.165) is 16.9 Å². The van der Waals surface area contributed by atoms with Crippen LogP contribution in [0, 0.1) is 0 Å². The molecule has 1 unspecified atom stereocenters. The van der Waals surface area contributed by atoms with Crippen molar-refractivity contribution in [3.8, 4) is 0 Å². The molecule has 1 rings (SSSR count). The molecule has 8 heteroatoms. The average molecular weight is 339 g/mol. The zero-order valence-electron chi connectivity index (χ0n) is 9.48. The zero-order chi connectivity index (χ0) is 12.2. The van der Waals surface area contributed by atoms with Gasteiger partial charge in [-0.15, -0.1) is 11.4 Å². The molecule has 1 atom stereocenters. The minimum absolute atomic E-state index is 0. The Morgan fingerprint density at radius 3 is 2.59 bits per heavy atom. The van der Waals surface area contributed by atoms with Crippen LogP contribution in [-0.2, 0) is 22.1 Å². The van der Waals surface area contributed by atoms with Crippen molar-refractivity contribution in [2.45, 2.75) is 12.7 Å². The van der Waals surface area contributed by atoms with E-state index in [2.05, 4.69) is 0 Å². The molecule has 0 aliphatic heterocycles. The van der Waals surface area contributed by atoms with Crippen molar-refractivity contribution < 1.29 is 39.0 Å². The molecule has 0 amide bonds. The van der Waals surface area contributed by atoms with Crippen LogP contribution in [0.15, 0.2) is 18.2 Å². The summed E-state index contributed by atoms with van der Waals surface area (Å²) in [5, 5.41) is 0.983. The summed E-state index contributed by atoms with van der Waals surface area (Å²) in [5.74, 6) is 0.498. The minimum atomic E-state index is -2.96. The van der Waals surface area contributed by atoms with Gasteiger partial charge in [-0.3, -0.25) is 0 Å². The second-order valence-electron chi connectivity index (χ2n) is 2.89. The summed E-state index contributed by atoms with van der Waals surface area (Å²) in [6.07, 6.45) is 0. The van der Waals surface area contributed by atoms with Gasteiger partial charge in [0.2, 0.25) is 0 Å². The van der Waals surface area contributed by atoms with Crippen molar-refractivity contribution in [1.82, 2.24) is 0 Å². The smallest absolute Gasteiger partial charge is 0.793 e. The fourth-order valence-electron chi connectivity index (χ4n) is 0.978. The molecule has 0 bridgehead atoms. The molecule has 0 aliphatic carbocycles. The van der Waals surface area contributed by atoms with E-state index in [1.165, 1.54) is 0 Å². The fourth-order valence-corrected chi connectivity index (χ4v) is 4.43. The van der Waals surface area contributed by atoms with Gasteiger partial charge in [0.15, 0.2) is 0 Å². The maximum atomic E-state index is 11.6. The van der Waals surface area contributed by atoms with Gasteiger partial charge in [-0.2, -0.15) is 0 Å². The SMILES string of the molecule is CCOP([O-])(=S)SCc1ccc(Cl)c(Cl)c1.[Na+]. The predicted octanol–water partition coefficient (Wildman–Crippen LogP) is 0.852. The summed E-state index contributed by atoms with van der Waals surface area (Å²) in [7, 11) is 0. The molecule has 1 aromatic rings. The summed E-state index contributed by atoms with van der Waals surface area (Å²) in [4.78, 5) is 11.6. The molecule has 0 spiro atoms. The molecule has 1 aromatic carbocycles. The Morgan fingerprint density at radius 1 is 1.41 bits per heavy atom. The Kier molecular flexibility index (Phi) is 9.70. The summed E-state index contributed by atoms with van der Waals surface area (Å²) in [6, 6.07) is 5.26. The van der Waals surface area contributed by atoms with Crippen LogP contribution in [0.3, 0.4) is 0 Å².